The van der Waals surface area contributed by atoms with E-state index in [4.69, 9.17) is 10.2 Å². The predicted molar refractivity (Wildman–Crippen MR) is 93.8 cm³/mol. The molecule has 6 nitrogen and oxygen atoms in total. The molecule has 1 aromatic carbocycles. The maximum Gasteiger partial charge on any atom is 0.328 e. The molecule has 1 aliphatic carbocycles. The Hall–Kier alpha value is -2.34. The molecule has 3 N–H and O–H groups in total. The van der Waals surface area contributed by atoms with Crippen LogP contribution in [0.3, 0.4) is 0 Å². The fourth-order valence-corrected chi connectivity index (χ4v) is 3.96. The Morgan fingerprint density at radius 2 is 1.84 bits per heavy atom. The number of aliphatic carboxylic acids is 2. The Balaban J connectivity index is 0.000000242. The molecular weight excluding hydrogens is 322 g/mol. The Morgan fingerprint density at radius 1 is 1.24 bits per heavy atom. The number of nitrogens with zero attached hydrogens (tertiary/aromatic N) is 1. The quantitative estimate of drug-likeness (QED) is 0.710. The SMILES string of the molecule is CC1[C@H]2Cc3ccc(O)cc3[C@]1(C)CCN2C.O=C(O)/C=C/C(=O)O. The normalized spacial score (nSPS) is 28.0. The Kier molecular flexibility index (Phi) is 5.52. The van der Waals surface area contributed by atoms with Gasteiger partial charge < -0.3 is 20.2 Å². The zero-order valence-corrected chi connectivity index (χ0v) is 14.8. The lowest BCUT2D eigenvalue weighted by molar-refractivity contribution is -0.134. The summed E-state index contributed by atoms with van der Waals surface area (Å²) in [6.45, 7) is 5.91. The van der Waals surface area contributed by atoms with E-state index in [-0.39, 0.29) is 5.41 Å². The van der Waals surface area contributed by atoms with Crippen molar-refractivity contribution in [3.05, 3.63) is 41.5 Å². The van der Waals surface area contributed by atoms with Gasteiger partial charge in [-0.15, -0.1) is 0 Å². The molecular formula is C19H25NO5. The van der Waals surface area contributed by atoms with Crippen molar-refractivity contribution in [2.75, 3.05) is 13.6 Å². The van der Waals surface area contributed by atoms with Gasteiger partial charge in [0.2, 0.25) is 0 Å². The lowest BCUT2D eigenvalue weighted by Crippen LogP contribution is -2.56. The molecule has 2 aliphatic rings. The van der Waals surface area contributed by atoms with Crippen LogP contribution in [0, 0.1) is 5.92 Å². The van der Waals surface area contributed by atoms with Gasteiger partial charge in [-0.2, -0.15) is 0 Å². The van der Waals surface area contributed by atoms with Crippen LogP contribution in [0.25, 0.3) is 0 Å². The number of piperidine rings is 1. The van der Waals surface area contributed by atoms with Gasteiger partial charge in [0.15, 0.2) is 0 Å². The van der Waals surface area contributed by atoms with Crippen molar-refractivity contribution in [1.29, 1.82) is 0 Å². The van der Waals surface area contributed by atoms with E-state index in [0.29, 0.717) is 29.9 Å². The van der Waals surface area contributed by atoms with Crippen molar-refractivity contribution in [3.8, 4) is 5.75 Å². The van der Waals surface area contributed by atoms with Crippen LogP contribution in [-0.4, -0.2) is 51.8 Å². The fraction of sp³-hybridized carbons (Fsp3) is 0.474. The van der Waals surface area contributed by atoms with E-state index < -0.39 is 11.9 Å². The highest BCUT2D eigenvalue weighted by atomic mass is 16.4. The largest absolute Gasteiger partial charge is 0.508 e. The van der Waals surface area contributed by atoms with E-state index >= 15 is 0 Å². The number of benzene rings is 1. The van der Waals surface area contributed by atoms with Crippen molar-refractivity contribution in [2.24, 2.45) is 5.92 Å². The van der Waals surface area contributed by atoms with Gasteiger partial charge in [-0.1, -0.05) is 19.9 Å². The minimum atomic E-state index is -1.26. The summed E-state index contributed by atoms with van der Waals surface area (Å²) >= 11 is 0. The molecule has 1 aromatic rings. The van der Waals surface area contributed by atoms with Crippen molar-refractivity contribution >= 4 is 11.9 Å². The van der Waals surface area contributed by atoms with E-state index in [9.17, 15) is 14.7 Å². The number of carbonyl (C=O) groups is 2. The first-order valence-electron chi connectivity index (χ1n) is 8.31. The van der Waals surface area contributed by atoms with Crippen molar-refractivity contribution in [1.82, 2.24) is 4.90 Å². The monoisotopic (exact) mass is 347 g/mol. The van der Waals surface area contributed by atoms with Gasteiger partial charge in [-0.3, -0.25) is 0 Å². The molecule has 0 radical (unpaired) electrons. The number of likely N-dealkylation sites (tertiary alicyclic amines) is 1. The Bertz CT molecular complexity index is 683. The van der Waals surface area contributed by atoms with E-state index in [1.165, 1.54) is 24.1 Å². The lowest BCUT2D eigenvalue weighted by Gasteiger charge is -2.53. The Morgan fingerprint density at radius 3 is 2.40 bits per heavy atom. The van der Waals surface area contributed by atoms with Crippen LogP contribution < -0.4 is 0 Å². The highest BCUT2D eigenvalue weighted by molar-refractivity contribution is 5.89. The molecule has 1 heterocycles. The minimum absolute atomic E-state index is 0.240. The molecule has 0 spiro atoms. The zero-order chi connectivity index (χ0) is 18.8. The highest BCUT2D eigenvalue weighted by Gasteiger charge is 2.47. The van der Waals surface area contributed by atoms with E-state index in [0.717, 1.165) is 6.42 Å². The first kappa shape index (κ1) is 19.0. The maximum atomic E-state index is 9.73. The Labute approximate surface area is 147 Å². The molecule has 0 aromatic heterocycles. The molecule has 1 saturated heterocycles. The van der Waals surface area contributed by atoms with Crippen LogP contribution in [0.15, 0.2) is 30.4 Å². The molecule has 1 aliphatic heterocycles. The van der Waals surface area contributed by atoms with E-state index in [1.807, 2.05) is 12.1 Å². The lowest BCUT2D eigenvalue weighted by atomic mass is 9.59. The summed E-state index contributed by atoms with van der Waals surface area (Å²) in [5.74, 6) is -1.44. The molecule has 6 heteroatoms. The third-order valence-corrected chi connectivity index (χ3v) is 5.64. The first-order valence-corrected chi connectivity index (χ1v) is 8.31. The fourth-order valence-electron chi connectivity index (χ4n) is 3.96. The number of carboxylic acids is 2. The molecule has 1 fully saturated rings. The molecule has 0 amide bonds. The smallest absolute Gasteiger partial charge is 0.328 e. The van der Waals surface area contributed by atoms with Crippen LogP contribution in [0.5, 0.6) is 5.75 Å². The van der Waals surface area contributed by atoms with Crippen LogP contribution in [0.4, 0.5) is 0 Å². The number of fused-ring (bicyclic) bond motifs is 4. The molecule has 3 atom stereocenters. The van der Waals surface area contributed by atoms with E-state index in [2.05, 4.69) is 31.9 Å². The second kappa shape index (κ2) is 7.27. The summed E-state index contributed by atoms with van der Waals surface area (Å²) in [6.07, 6.45) is 3.44. The average molecular weight is 347 g/mol. The number of hydrogen-bond acceptors (Lipinski definition) is 4. The molecule has 2 bridgehead atoms. The summed E-state index contributed by atoms with van der Waals surface area (Å²) < 4.78 is 0. The van der Waals surface area contributed by atoms with Crippen LogP contribution >= 0.6 is 0 Å². The van der Waals surface area contributed by atoms with Gasteiger partial charge in [0.25, 0.3) is 0 Å². The third kappa shape index (κ3) is 4.02. The number of aromatic hydroxyl groups is 1. The van der Waals surface area contributed by atoms with Gasteiger partial charge in [-0.25, -0.2) is 9.59 Å². The molecule has 0 saturated carbocycles. The highest BCUT2D eigenvalue weighted by Crippen LogP contribution is 2.48. The van der Waals surface area contributed by atoms with Crippen molar-refractivity contribution in [2.45, 2.75) is 38.1 Å². The zero-order valence-electron chi connectivity index (χ0n) is 14.8. The van der Waals surface area contributed by atoms with Crippen LogP contribution in [0.2, 0.25) is 0 Å². The molecule has 136 valence electrons. The van der Waals surface area contributed by atoms with Crippen molar-refractivity contribution < 1.29 is 24.9 Å². The minimum Gasteiger partial charge on any atom is -0.508 e. The van der Waals surface area contributed by atoms with Crippen LogP contribution in [0.1, 0.15) is 31.4 Å². The maximum absolute atomic E-state index is 9.73. The second-order valence-electron chi connectivity index (χ2n) is 7.06. The third-order valence-electron chi connectivity index (χ3n) is 5.64. The standard InChI is InChI=1S/C15H21NO.C4H4O4/c1-10-14-8-11-4-5-12(17)9-13(11)15(10,2)6-7-16(14)3;5-3(6)1-2-4(7)8/h4-5,9-10,14,17H,6-8H2,1-3H3;1-2H,(H,5,6)(H,7,8)/b;2-1+/t10?,14-,15-;/m1./s1. The summed E-state index contributed by atoms with van der Waals surface area (Å²) in [4.78, 5) is 21.6. The van der Waals surface area contributed by atoms with Gasteiger partial charge >= 0.3 is 11.9 Å². The number of likely N-dealkylation sites (N-methyl/N-ethyl adjacent to an activating group) is 1. The number of rotatable bonds is 2. The molecule has 1 unspecified atom stereocenters. The van der Waals surface area contributed by atoms with Gasteiger partial charge in [0, 0.05) is 18.2 Å². The van der Waals surface area contributed by atoms with E-state index in [1.54, 1.807) is 0 Å². The van der Waals surface area contributed by atoms with Gasteiger partial charge in [-0.05, 0) is 61.0 Å². The van der Waals surface area contributed by atoms with Crippen LogP contribution in [-0.2, 0) is 21.4 Å². The van der Waals surface area contributed by atoms with Gasteiger partial charge in [0.1, 0.15) is 5.75 Å². The second-order valence-corrected chi connectivity index (χ2v) is 7.06. The number of phenols is 1. The van der Waals surface area contributed by atoms with Gasteiger partial charge in [0.05, 0.1) is 0 Å². The first-order chi connectivity index (χ1) is 11.6. The molecule has 25 heavy (non-hydrogen) atoms. The average Bonchev–Trinajstić information content (AvgIpc) is 2.54. The summed E-state index contributed by atoms with van der Waals surface area (Å²) in [5.41, 5.74) is 3.05. The van der Waals surface area contributed by atoms with Crippen molar-refractivity contribution in [3.63, 3.8) is 0 Å². The topological polar surface area (TPSA) is 98.1 Å². The number of carboxylic acid groups (broad SMARTS) is 2. The summed E-state index contributed by atoms with van der Waals surface area (Å²) in [5, 5.41) is 25.4. The number of hydrogen-bond donors (Lipinski definition) is 3. The number of phenolic OH excluding ortho intramolecular Hbond substituents is 1. The predicted octanol–water partition coefficient (Wildman–Crippen LogP) is 2.26. The summed E-state index contributed by atoms with van der Waals surface area (Å²) in [7, 11) is 2.24. The summed E-state index contributed by atoms with van der Waals surface area (Å²) in [6, 6.07) is 6.59. The molecule has 3 rings (SSSR count).